The van der Waals surface area contributed by atoms with Crippen molar-refractivity contribution in [2.45, 2.75) is 31.3 Å². The Bertz CT molecular complexity index is 922. The molecule has 1 aromatic heterocycles. The summed E-state index contributed by atoms with van der Waals surface area (Å²) >= 11 is 0. The van der Waals surface area contributed by atoms with Crippen LogP contribution in [0.4, 0.5) is 0 Å². The largest absolute Gasteiger partial charge is 0.477 e. The third-order valence-electron chi connectivity index (χ3n) is 4.03. The summed E-state index contributed by atoms with van der Waals surface area (Å²) in [6.45, 7) is 3.78. The van der Waals surface area contributed by atoms with Gasteiger partial charge >= 0.3 is 5.97 Å². The van der Waals surface area contributed by atoms with Gasteiger partial charge in [-0.3, -0.25) is 4.79 Å². The van der Waals surface area contributed by atoms with Crippen molar-refractivity contribution in [1.82, 2.24) is 14.6 Å². The third kappa shape index (κ3) is 4.89. The standard InChI is InChI=1S/C18H21N3O5S/c1-12(2)21(3)27(25,26)15-7-4-13(5-8-15)10-20-17(22)14-6-9-16(18(23)24)19-11-14/h4-9,11-12H,10H2,1-3H3,(H,20,22)(H,23,24). The van der Waals surface area contributed by atoms with Crippen LogP contribution in [0.3, 0.4) is 0 Å². The fraction of sp³-hybridized carbons (Fsp3) is 0.278. The molecule has 0 aliphatic rings. The van der Waals surface area contributed by atoms with E-state index in [1.807, 2.05) is 0 Å². The number of carboxylic acid groups (broad SMARTS) is 1. The van der Waals surface area contributed by atoms with E-state index in [4.69, 9.17) is 5.11 Å². The lowest BCUT2D eigenvalue weighted by Gasteiger charge is -2.21. The average molecular weight is 391 g/mol. The second kappa shape index (κ2) is 8.28. The lowest BCUT2D eigenvalue weighted by molar-refractivity contribution is 0.0689. The summed E-state index contributed by atoms with van der Waals surface area (Å²) in [4.78, 5) is 26.7. The minimum absolute atomic E-state index is 0.144. The summed E-state index contributed by atoms with van der Waals surface area (Å²) in [6, 6.07) is 8.73. The Hall–Kier alpha value is -2.78. The summed E-state index contributed by atoms with van der Waals surface area (Å²) in [5.41, 5.74) is 0.817. The smallest absolute Gasteiger partial charge is 0.354 e. The van der Waals surface area contributed by atoms with Gasteiger partial charge in [-0.15, -0.1) is 0 Å². The lowest BCUT2D eigenvalue weighted by Crippen LogP contribution is -2.33. The average Bonchev–Trinajstić information content (AvgIpc) is 2.65. The Morgan fingerprint density at radius 2 is 1.78 bits per heavy atom. The number of amides is 1. The van der Waals surface area contributed by atoms with E-state index >= 15 is 0 Å². The molecule has 1 aromatic carbocycles. The Kier molecular flexibility index (Phi) is 6.29. The van der Waals surface area contributed by atoms with Gasteiger partial charge in [-0.1, -0.05) is 12.1 Å². The molecule has 0 fully saturated rings. The van der Waals surface area contributed by atoms with Crippen LogP contribution in [0.1, 0.15) is 40.3 Å². The number of pyridine rings is 1. The molecule has 0 bridgehead atoms. The first-order valence-electron chi connectivity index (χ1n) is 8.17. The van der Waals surface area contributed by atoms with E-state index in [1.165, 1.54) is 41.8 Å². The highest BCUT2D eigenvalue weighted by molar-refractivity contribution is 7.89. The van der Waals surface area contributed by atoms with Gasteiger partial charge in [0.1, 0.15) is 5.69 Å². The first-order valence-corrected chi connectivity index (χ1v) is 9.61. The molecule has 144 valence electrons. The number of aromatic nitrogens is 1. The Morgan fingerprint density at radius 1 is 1.15 bits per heavy atom. The zero-order valence-corrected chi connectivity index (χ0v) is 16.0. The number of sulfonamides is 1. The fourth-order valence-electron chi connectivity index (χ4n) is 2.16. The van der Waals surface area contributed by atoms with E-state index in [2.05, 4.69) is 10.3 Å². The van der Waals surface area contributed by atoms with Crippen molar-refractivity contribution in [2.75, 3.05) is 7.05 Å². The van der Waals surface area contributed by atoms with E-state index < -0.39 is 21.9 Å². The molecule has 2 rings (SSSR count). The minimum atomic E-state index is -3.55. The normalized spacial score (nSPS) is 11.6. The van der Waals surface area contributed by atoms with E-state index in [9.17, 15) is 18.0 Å². The number of benzene rings is 1. The summed E-state index contributed by atoms with van der Waals surface area (Å²) in [6.07, 6.45) is 1.19. The predicted octanol–water partition coefficient (Wildman–Crippen LogP) is 1.74. The van der Waals surface area contributed by atoms with Gasteiger partial charge in [0, 0.05) is 25.8 Å². The number of carbonyl (C=O) groups excluding carboxylic acids is 1. The first kappa shape index (κ1) is 20.5. The highest BCUT2D eigenvalue weighted by Gasteiger charge is 2.22. The van der Waals surface area contributed by atoms with Gasteiger partial charge in [0.25, 0.3) is 5.91 Å². The predicted molar refractivity (Wildman–Crippen MR) is 98.9 cm³/mol. The van der Waals surface area contributed by atoms with Crippen LogP contribution in [0.25, 0.3) is 0 Å². The number of hydrogen-bond acceptors (Lipinski definition) is 5. The van der Waals surface area contributed by atoms with Crippen LogP contribution in [0.5, 0.6) is 0 Å². The Labute approximate surface area is 157 Å². The molecule has 0 saturated carbocycles. The van der Waals surface area contributed by atoms with Gasteiger partial charge in [0.05, 0.1) is 10.5 Å². The molecule has 0 saturated heterocycles. The van der Waals surface area contributed by atoms with E-state index in [0.29, 0.717) is 0 Å². The SMILES string of the molecule is CC(C)N(C)S(=O)(=O)c1ccc(CNC(=O)c2ccc(C(=O)O)nc2)cc1. The van der Waals surface area contributed by atoms with E-state index in [1.54, 1.807) is 26.0 Å². The zero-order valence-electron chi connectivity index (χ0n) is 15.2. The quantitative estimate of drug-likeness (QED) is 0.742. The maximum absolute atomic E-state index is 12.4. The lowest BCUT2D eigenvalue weighted by atomic mass is 10.2. The van der Waals surface area contributed by atoms with E-state index in [0.717, 1.165) is 5.56 Å². The van der Waals surface area contributed by atoms with Gasteiger partial charge in [0.2, 0.25) is 10.0 Å². The maximum atomic E-state index is 12.4. The third-order valence-corrected chi connectivity index (χ3v) is 6.07. The topological polar surface area (TPSA) is 117 Å². The Morgan fingerprint density at radius 3 is 2.26 bits per heavy atom. The molecule has 1 amide bonds. The zero-order chi connectivity index (χ0) is 20.2. The number of carbonyl (C=O) groups is 2. The molecule has 0 aliphatic carbocycles. The van der Waals surface area contributed by atoms with Crippen molar-refractivity contribution >= 4 is 21.9 Å². The van der Waals surface area contributed by atoms with E-state index in [-0.39, 0.29) is 28.7 Å². The van der Waals surface area contributed by atoms with Gasteiger partial charge < -0.3 is 10.4 Å². The number of hydrogen-bond donors (Lipinski definition) is 2. The molecule has 0 spiro atoms. The monoisotopic (exact) mass is 391 g/mol. The fourth-order valence-corrected chi connectivity index (χ4v) is 3.53. The molecule has 9 heteroatoms. The van der Waals surface area contributed by atoms with Crippen LogP contribution < -0.4 is 5.32 Å². The van der Waals surface area contributed by atoms with Crippen LogP contribution in [-0.2, 0) is 16.6 Å². The Balaban J connectivity index is 2.02. The van der Waals surface area contributed by atoms with Gasteiger partial charge in [0.15, 0.2) is 0 Å². The number of nitrogens with one attached hydrogen (secondary N) is 1. The molecule has 0 radical (unpaired) electrons. The molecule has 8 nitrogen and oxygen atoms in total. The summed E-state index contributed by atoms with van der Waals surface area (Å²) < 4.78 is 26.1. The van der Waals surface area contributed by atoms with Crippen LogP contribution in [0, 0.1) is 0 Å². The number of nitrogens with zero attached hydrogens (tertiary/aromatic N) is 2. The first-order chi connectivity index (χ1) is 12.6. The summed E-state index contributed by atoms with van der Waals surface area (Å²) in [7, 11) is -2.03. The molecule has 2 aromatic rings. The van der Waals surface area contributed by atoms with Crippen molar-refractivity contribution in [2.24, 2.45) is 0 Å². The molecule has 0 unspecified atom stereocenters. The highest BCUT2D eigenvalue weighted by atomic mass is 32.2. The van der Waals surface area contributed by atoms with Gasteiger partial charge in [-0.25, -0.2) is 18.2 Å². The molecule has 0 aliphatic heterocycles. The van der Waals surface area contributed by atoms with Crippen molar-refractivity contribution in [3.63, 3.8) is 0 Å². The summed E-state index contributed by atoms with van der Waals surface area (Å²) in [5, 5.41) is 11.5. The van der Waals surface area contributed by atoms with Crippen LogP contribution in [0.15, 0.2) is 47.5 Å². The van der Waals surface area contributed by atoms with Crippen molar-refractivity contribution < 1.29 is 23.1 Å². The van der Waals surface area contributed by atoms with Crippen LogP contribution >= 0.6 is 0 Å². The number of carboxylic acids is 1. The van der Waals surface area contributed by atoms with Gasteiger partial charge in [-0.05, 0) is 43.7 Å². The molecule has 2 N–H and O–H groups in total. The van der Waals surface area contributed by atoms with Crippen molar-refractivity contribution in [3.8, 4) is 0 Å². The molecule has 27 heavy (non-hydrogen) atoms. The molecular weight excluding hydrogens is 370 g/mol. The van der Waals surface area contributed by atoms with Gasteiger partial charge in [-0.2, -0.15) is 4.31 Å². The van der Waals surface area contributed by atoms with Crippen molar-refractivity contribution in [1.29, 1.82) is 0 Å². The number of rotatable bonds is 7. The number of aromatic carboxylic acids is 1. The minimum Gasteiger partial charge on any atom is -0.477 e. The molecule has 1 heterocycles. The maximum Gasteiger partial charge on any atom is 0.354 e. The summed E-state index contributed by atoms with van der Waals surface area (Å²) in [5.74, 6) is -1.57. The molecular formula is C18H21N3O5S. The second-order valence-corrected chi connectivity index (χ2v) is 8.18. The van der Waals surface area contributed by atoms with Crippen LogP contribution in [-0.4, -0.2) is 47.8 Å². The second-order valence-electron chi connectivity index (χ2n) is 6.18. The molecule has 0 atom stereocenters. The van der Waals surface area contributed by atoms with Crippen molar-refractivity contribution in [3.05, 3.63) is 59.4 Å². The van der Waals surface area contributed by atoms with Crippen LogP contribution in [0.2, 0.25) is 0 Å². The highest BCUT2D eigenvalue weighted by Crippen LogP contribution is 2.17.